The molecule has 2 amide bonds. The molecule has 2 fully saturated rings. The van der Waals surface area contributed by atoms with Crippen molar-refractivity contribution in [3.63, 3.8) is 0 Å². The second-order valence-corrected chi connectivity index (χ2v) is 5.40. The van der Waals surface area contributed by atoms with Gasteiger partial charge in [-0.2, -0.15) is 0 Å². The Morgan fingerprint density at radius 1 is 1.12 bits per heavy atom. The summed E-state index contributed by atoms with van der Waals surface area (Å²) >= 11 is 0. The van der Waals surface area contributed by atoms with E-state index in [-0.39, 0.29) is 6.03 Å². The first-order chi connectivity index (χ1) is 8.27. The molecule has 0 bridgehead atoms. The van der Waals surface area contributed by atoms with Crippen LogP contribution in [0.5, 0.6) is 0 Å². The summed E-state index contributed by atoms with van der Waals surface area (Å²) in [5.41, 5.74) is 0. The molecule has 1 atom stereocenters. The van der Waals surface area contributed by atoms with Crippen LogP contribution in [-0.2, 0) is 0 Å². The number of carbonyl (C=O) groups is 1. The van der Waals surface area contributed by atoms with Crippen LogP contribution in [0.25, 0.3) is 0 Å². The van der Waals surface area contributed by atoms with Gasteiger partial charge in [0, 0.05) is 25.7 Å². The molecule has 3 heteroatoms. The molecule has 2 aliphatic rings. The Labute approximate surface area is 105 Å². The first kappa shape index (κ1) is 12.7. The molecule has 0 aromatic rings. The molecule has 17 heavy (non-hydrogen) atoms. The Kier molecular flexibility index (Phi) is 4.30. The van der Waals surface area contributed by atoms with Gasteiger partial charge in [0.15, 0.2) is 0 Å². The minimum absolute atomic E-state index is 0.282. The quantitative estimate of drug-likeness (QED) is 0.741. The monoisotopic (exact) mass is 238 g/mol. The fourth-order valence-electron chi connectivity index (χ4n) is 3.54. The highest BCUT2D eigenvalue weighted by atomic mass is 16.2. The van der Waals surface area contributed by atoms with E-state index in [1.165, 1.54) is 38.5 Å². The van der Waals surface area contributed by atoms with Gasteiger partial charge in [-0.25, -0.2) is 4.79 Å². The number of carbonyl (C=O) groups excluding carboxylic acids is 1. The number of nitrogens with zero attached hydrogens (tertiary/aromatic N) is 2. The lowest BCUT2D eigenvalue weighted by Gasteiger charge is -2.33. The van der Waals surface area contributed by atoms with Crippen molar-refractivity contribution in [3.8, 4) is 0 Å². The second kappa shape index (κ2) is 5.74. The van der Waals surface area contributed by atoms with Gasteiger partial charge in [0.25, 0.3) is 0 Å². The molecule has 0 spiro atoms. The predicted octanol–water partition coefficient (Wildman–Crippen LogP) is 3.10. The van der Waals surface area contributed by atoms with E-state index in [1.54, 1.807) is 0 Å². The molecule has 2 rings (SSSR count). The van der Waals surface area contributed by atoms with Crippen LogP contribution in [0.4, 0.5) is 4.79 Å². The fraction of sp³-hybridized carbons (Fsp3) is 0.929. The van der Waals surface area contributed by atoms with E-state index in [9.17, 15) is 4.79 Å². The maximum atomic E-state index is 12.4. The van der Waals surface area contributed by atoms with Crippen molar-refractivity contribution in [1.82, 2.24) is 9.80 Å². The van der Waals surface area contributed by atoms with Gasteiger partial charge in [-0.15, -0.1) is 0 Å². The number of rotatable bonds is 3. The van der Waals surface area contributed by atoms with Gasteiger partial charge in [-0.3, -0.25) is 0 Å². The summed E-state index contributed by atoms with van der Waals surface area (Å²) in [5.74, 6) is 0.789. The SMILES string of the molecule is CCN(CC)C(=O)N1CCCC1C1CCCC1. The Morgan fingerprint density at radius 2 is 1.76 bits per heavy atom. The summed E-state index contributed by atoms with van der Waals surface area (Å²) in [6.07, 6.45) is 7.86. The fourth-order valence-corrected chi connectivity index (χ4v) is 3.54. The van der Waals surface area contributed by atoms with E-state index in [4.69, 9.17) is 0 Å². The third kappa shape index (κ3) is 2.58. The Bertz CT molecular complexity index is 257. The highest BCUT2D eigenvalue weighted by Crippen LogP contribution is 2.35. The van der Waals surface area contributed by atoms with Crippen molar-refractivity contribution in [2.75, 3.05) is 19.6 Å². The average molecular weight is 238 g/mol. The second-order valence-electron chi connectivity index (χ2n) is 5.40. The van der Waals surface area contributed by atoms with Crippen LogP contribution < -0.4 is 0 Å². The van der Waals surface area contributed by atoms with Crippen LogP contribution in [-0.4, -0.2) is 41.5 Å². The van der Waals surface area contributed by atoms with Gasteiger partial charge in [0.05, 0.1) is 0 Å². The number of hydrogen-bond donors (Lipinski definition) is 0. The van der Waals surface area contributed by atoms with Crippen molar-refractivity contribution >= 4 is 6.03 Å². The Balaban J connectivity index is 2.00. The minimum Gasteiger partial charge on any atom is -0.325 e. The third-order valence-corrected chi connectivity index (χ3v) is 4.52. The summed E-state index contributed by atoms with van der Waals surface area (Å²) in [6, 6.07) is 0.829. The van der Waals surface area contributed by atoms with Crippen molar-refractivity contribution in [2.24, 2.45) is 5.92 Å². The molecular weight excluding hydrogens is 212 g/mol. The van der Waals surface area contributed by atoms with Crippen LogP contribution >= 0.6 is 0 Å². The minimum atomic E-state index is 0.282. The van der Waals surface area contributed by atoms with Crippen LogP contribution in [0.2, 0.25) is 0 Å². The maximum absolute atomic E-state index is 12.4. The largest absolute Gasteiger partial charge is 0.325 e. The lowest BCUT2D eigenvalue weighted by Crippen LogP contribution is -2.47. The molecule has 1 unspecified atom stereocenters. The first-order valence-electron chi connectivity index (χ1n) is 7.33. The van der Waals surface area contributed by atoms with Crippen molar-refractivity contribution in [3.05, 3.63) is 0 Å². The highest BCUT2D eigenvalue weighted by molar-refractivity contribution is 5.75. The molecule has 3 nitrogen and oxygen atoms in total. The molecule has 1 aliphatic heterocycles. The molecule has 1 aliphatic carbocycles. The number of likely N-dealkylation sites (tertiary alicyclic amines) is 1. The lowest BCUT2D eigenvalue weighted by atomic mass is 9.96. The van der Waals surface area contributed by atoms with E-state index < -0.39 is 0 Å². The smallest absolute Gasteiger partial charge is 0.320 e. The molecule has 1 heterocycles. The topological polar surface area (TPSA) is 23.6 Å². The highest BCUT2D eigenvalue weighted by Gasteiger charge is 2.36. The number of amides is 2. The molecule has 98 valence electrons. The molecular formula is C14H26N2O. The van der Waals surface area contributed by atoms with Gasteiger partial charge in [0.1, 0.15) is 0 Å². The normalized spacial score (nSPS) is 25.5. The zero-order chi connectivity index (χ0) is 12.3. The summed E-state index contributed by atoms with van der Waals surface area (Å²) in [4.78, 5) is 16.6. The lowest BCUT2D eigenvalue weighted by molar-refractivity contribution is 0.137. The summed E-state index contributed by atoms with van der Waals surface area (Å²) < 4.78 is 0. The molecule has 0 N–H and O–H groups in total. The van der Waals surface area contributed by atoms with Crippen LogP contribution in [0.1, 0.15) is 52.4 Å². The van der Waals surface area contributed by atoms with E-state index in [0.717, 1.165) is 25.6 Å². The summed E-state index contributed by atoms with van der Waals surface area (Å²) in [6.45, 7) is 6.80. The zero-order valence-corrected chi connectivity index (χ0v) is 11.3. The molecule has 1 saturated heterocycles. The van der Waals surface area contributed by atoms with Crippen LogP contribution in [0.15, 0.2) is 0 Å². The summed E-state index contributed by atoms with van der Waals surface area (Å²) in [5, 5.41) is 0. The van der Waals surface area contributed by atoms with Crippen molar-refractivity contribution in [1.29, 1.82) is 0 Å². The standard InChI is InChI=1S/C14H26N2O/c1-3-15(4-2)14(17)16-11-7-10-13(16)12-8-5-6-9-12/h12-13H,3-11H2,1-2H3. The van der Waals surface area contributed by atoms with Gasteiger partial charge < -0.3 is 9.80 Å². The number of hydrogen-bond acceptors (Lipinski definition) is 1. The van der Waals surface area contributed by atoms with Crippen LogP contribution in [0.3, 0.4) is 0 Å². The average Bonchev–Trinajstić information content (AvgIpc) is 3.01. The van der Waals surface area contributed by atoms with E-state index in [0.29, 0.717) is 6.04 Å². The van der Waals surface area contributed by atoms with E-state index >= 15 is 0 Å². The Morgan fingerprint density at radius 3 is 2.35 bits per heavy atom. The van der Waals surface area contributed by atoms with Crippen LogP contribution in [0, 0.1) is 5.92 Å². The number of urea groups is 1. The first-order valence-corrected chi connectivity index (χ1v) is 7.33. The van der Waals surface area contributed by atoms with Gasteiger partial charge in [-0.05, 0) is 45.4 Å². The van der Waals surface area contributed by atoms with Gasteiger partial charge >= 0.3 is 6.03 Å². The maximum Gasteiger partial charge on any atom is 0.320 e. The van der Waals surface area contributed by atoms with Crippen molar-refractivity contribution < 1.29 is 4.79 Å². The van der Waals surface area contributed by atoms with Gasteiger partial charge in [-0.1, -0.05) is 12.8 Å². The van der Waals surface area contributed by atoms with Gasteiger partial charge in [0.2, 0.25) is 0 Å². The molecule has 0 radical (unpaired) electrons. The Hall–Kier alpha value is -0.730. The zero-order valence-electron chi connectivity index (χ0n) is 11.3. The molecule has 0 aromatic heterocycles. The molecule has 0 aromatic carbocycles. The summed E-state index contributed by atoms with van der Waals surface area (Å²) in [7, 11) is 0. The predicted molar refractivity (Wildman–Crippen MR) is 70.0 cm³/mol. The third-order valence-electron chi connectivity index (χ3n) is 4.52. The van der Waals surface area contributed by atoms with Crippen molar-refractivity contribution in [2.45, 2.75) is 58.4 Å². The molecule has 1 saturated carbocycles. The van der Waals surface area contributed by atoms with E-state index in [2.05, 4.69) is 18.7 Å². The van der Waals surface area contributed by atoms with E-state index in [1.807, 2.05) is 4.90 Å².